The molecule has 0 fully saturated rings. The monoisotopic (exact) mass is 294 g/mol. The average molecular weight is 294 g/mol. The van der Waals surface area contributed by atoms with E-state index in [9.17, 15) is 0 Å². The van der Waals surface area contributed by atoms with Crippen LogP contribution in [0.2, 0.25) is 0 Å². The molecule has 0 aromatic carbocycles. The fourth-order valence-corrected chi connectivity index (χ4v) is 1.98. The number of thiocarbonyl (C=S) groups is 1. The Kier molecular flexibility index (Phi) is 6.88. The Hall–Kier alpha value is -1.20. The summed E-state index contributed by atoms with van der Waals surface area (Å²) in [6.07, 6.45) is 2.30. The normalized spacial score (nSPS) is 11.1. The first-order valence-corrected chi connectivity index (χ1v) is 7.53. The molecule has 0 amide bonds. The third-order valence-electron chi connectivity index (χ3n) is 3.36. The van der Waals surface area contributed by atoms with Gasteiger partial charge in [-0.1, -0.05) is 12.2 Å². The van der Waals surface area contributed by atoms with Crippen LogP contribution in [-0.4, -0.2) is 41.1 Å². The van der Waals surface area contributed by atoms with Crippen LogP contribution in [0.5, 0.6) is 0 Å². The van der Waals surface area contributed by atoms with E-state index >= 15 is 0 Å². The molecule has 0 atom stereocenters. The van der Waals surface area contributed by atoms with Gasteiger partial charge >= 0.3 is 0 Å². The van der Waals surface area contributed by atoms with Crippen LogP contribution >= 0.6 is 12.2 Å². The molecule has 1 aromatic rings. The molecule has 0 saturated carbocycles. The Bertz CT molecular complexity index is 445. The predicted octanol–water partition coefficient (Wildman–Crippen LogP) is 2.56. The molecule has 1 heterocycles. The number of anilines is 1. The lowest BCUT2D eigenvalue weighted by Gasteiger charge is -2.20. The maximum atomic E-state index is 5.66. The maximum absolute atomic E-state index is 5.66. The molecule has 1 rings (SSSR count). The zero-order valence-electron chi connectivity index (χ0n) is 12.9. The van der Waals surface area contributed by atoms with E-state index in [2.05, 4.69) is 36.1 Å². The Labute approximate surface area is 127 Å². The van der Waals surface area contributed by atoms with E-state index in [4.69, 9.17) is 18.0 Å². The molecule has 0 bridgehead atoms. The molecule has 0 spiro atoms. The van der Waals surface area contributed by atoms with Gasteiger partial charge in [-0.15, -0.1) is 0 Å². The SMILES string of the molecule is Cc1cc(C(N)=S)cc(NCCCCN(C)C(C)C)n1. The van der Waals surface area contributed by atoms with Crippen LogP contribution in [0.15, 0.2) is 12.1 Å². The molecular weight excluding hydrogens is 268 g/mol. The molecule has 5 heteroatoms. The number of unbranched alkanes of at least 4 members (excludes halogenated alkanes) is 1. The first-order chi connectivity index (χ1) is 9.40. The minimum atomic E-state index is 0.414. The van der Waals surface area contributed by atoms with Gasteiger partial charge in [0.05, 0.1) is 0 Å². The van der Waals surface area contributed by atoms with Crippen molar-refractivity contribution < 1.29 is 0 Å². The van der Waals surface area contributed by atoms with Gasteiger partial charge in [0.15, 0.2) is 0 Å². The zero-order chi connectivity index (χ0) is 15.1. The highest BCUT2D eigenvalue weighted by molar-refractivity contribution is 7.80. The van der Waals surface area contributed by atoms with E-state index < -0.39 is 0 Å². The van der Waals surface area contributed by atoms with Crippen LogP contribution in [0.4, 0.5) is 5.82 Å². The van der Waals surface area contributed by atoms with Crippen molar-refractivity contribution in [1.29, 1.82) is 0 Å². The van der Waals surface area contributed by atoms with Gasteiger partial charge in [0.1, 0.15) is 10.8 Å². The number of nitrogens with one attached hydrogen (secondary N) is 1. The lowest BCUT2D eigenvalue weighted by atomic mass is 10.2. The number of pyridine rings is 1. The molecule has 112 valence electrons. The second-order valence-electron chi connectivity index (χ2n) is 5.45. The molecule has 0 aliphatic rings. The van der Waals surface area contributed by atoms with Crippen LogP contribution in [0.1, 0.15) is 37.9 Å². The van der Waals surface area contributed by atoms with Crippen LogP contribution in [0.25, 0.3) is 0 Å². The quantitative estimate of drug-likeness (QED) is 0.570. The number of rotatable bonds is 8. The van der Waals surface area contributed by atoms with Gasteiger partial charge in [-0.25, -0.2) is 4.98 Å². The van der Waals surface area contributed by atoms with Gasteiger partial charge in [-0.3, -0.25) is 0 Å². The van der Waals surface area contributed by atoms with Crippen LogP contribution in [-0.2, 0) is 0 Å². The van der Waals surface area contributed by atoms with E-state index in [0.29, 0.717) is 11.0 Å². The van der Waals surface area contributed by atoms with Crippen molar-refractivity contribution in [2.45, 2.75) is 39.7 Å². The molecule has 3 N–H and O–H groups in total. The molecule has 20 heavy (non-hydrogen) atoms. The summed E-state index contributed by atoms with van der Waals surface area (Å²) in [6.45, 7) is 8.42. The third kappa shape index (κ3) is 5.84. The lowest BCUT2D eigenvalue weighted by molar-refractivity contribution is 0.269. The van der Waals surface area contributed by atoms with E-state index in [1.54, 1.807) is 0 Å². The summed E-state index contributed by atoms with van der Waals surface area (Å²) in [5.41, 5.74) is 7.46. The highest BCUT2D eigenvalue weighted by Crippen LogP contribution is 2.10. The second-order valence-corrected chi connectivity index (χ2v) is 5.89. The van der Waals surface area contributed by atoms with Crippen molar-refractivity contribution in [1.82, 2.24) is 9.88 Å². The average Bonchev–Trinajstić information content (AvgIpc) is 2.37. The molecule has 0 saturated heterocycles. The smallest absolute Gasteiger partial charge is 0.126 e. The highest BCUT2D eigenvalue weighted by atomic mass is 32.1. The van der Waals surface area contributed by atoms with Crippen LogP contribution < -0.4 is 11.1 Å². The topological polar surface area (TPSA) is 54.2 Å². The maximum Gasteiger partial charge on any atom is 0.126 e. The van der Waals surface area contributed by atoms with Crippen LogP contribution in [0, 0.1) is 6.92 Å². The third-order valence-corrected chi connectivity index (χ3v) is 3.60. The molecule has 0 aliphatic carbocycles. The van der Waals surface area contributed by atoms with Crippen molar-refractivity contribution >= 4 is 23.0 Å². The van der Waals surface area contributed by atoms with Gasteiger partial charge in [-0.05, 0) is 59.3 Å². The van der Waals surface area contributed by atoms with Crippen LogP contribution in [0.3, 0.4) is 0 Å². The summed E-state index contributed by atoms with van der Waals surface area (Å²) in [7, 11) is 2.16. The lowest BCUT2D eigenvalue weighted by Crippen LogP contribution is -2.27. The number of hydrogen-bond donors (Lipinski definition) is 2. The number of nitrogens with two attached hydrogens (primary N) is 1. The van der Waals surface area contributed by atoms with E-state index in [-0.39, 0.29) is 0 Å². The molecular formula is C15H26N4S. The summed E-state index contributed by atoms with van der Waals surface area (Å²) in [5.74, 6) is 0.852. The minimum Gasteiger partial charge on any atom is -0.389 e. The molecule has 0 radical (unpaired) electrons. The zero-order valence-corrected chi connectivity index (χ0v) is 13.8. The Morgan fingerprint density at radius 3 is 2.70 bits per heavy atom. The Morgan fingerprint density at radius 2 is 2.10 bits per heavy atom. The largest absolute Gasteiger partial charge is 0.389 e. The van der Waals surface area contributed by atoms with Crippen molar-refractivity contribution in [2.24, 2.45) is 5.73 Å². The van der Waals surface area contributed by atoms with Gasteiger partial charge in [0.25, 0.3) is 0 Å². The first kappa shape index (κ1) is 16.9. The fraction of sp³-hybridized carbons (Fsp3) is 0.600. The fourth-order valence-electron chi connectivity index (χ4n) is 1.86. The number of nitrogens with zero attached hydrogens (tertiary/aromatic N) is 2. The first-order valence-electron chi connectivity index (χ1n) is 7.12. The summed E-state index contributed by atoms with van der Waals surface area (Å²) < 4.78 is 0. The van der Waals surface area contributed by atoms with Gasteiger partial charge in [0, 0.05) is 23.8 Å². The van der Waals surface area contributed by atoms with E-state index in [1.807, 2.05) is 19.1 Å². The van der Waals surface area contributed by atoms with Crippen molar-refractivity contribution in [3.63, 3.8) is 0 Å². The van der Waals surface area contributed by atoms with Gasteiger partial charge in [-0.2, -0.15) is 0 Å². The van der Waals surface area contributed by atoms with Gasteiger partial charge < -0.3 is 16.0 Å². The molecule has 4 nitrogen and oxygen atoms in total. The van der Waals surface area contributed by atoms with E-state index in [1.165, 1.54) is 6.42 Å². The summed E-state index contributed by atoms with van der Waals surface area (Å²) in [5, 5.41) is 3.34. The summed E-state index contributed by atoms with van der Waals surface area (Å²) in [4.78, 5) is 7.21. The number of aryl methyl sites for hydroxylation is 1. The number of hydrogen-bond acceptors (Lipinski definition) is 4. The molecule has 0 unspecified atom stereocenters. The second kappa shape index (κ2) is 8.17. The number of aromatic nitrogens is 1. The molecule has 1 aromatic heterocycles. The highest BCUT2D eigenvalue weighted by Gasteiger charge is 2.03. The van der Waals surface area contributed by atoms with Crippen molar-refractivity contribution in [3.8, 4) is 0 Å². The minimum absolute atomic E-state index is 0.414. The molecule has 0 aliphatic heterocycles. The van der Waals surface area contributed by atoms with Gasteiger partial charge in [0.2, 0.25) is 0 Å². The predicted molar refractivity (Wildman–Crippen MR) is 90.4 cm³/mol. The Morgan fingerprint density at radius 1 is 1.40 bits per heavy atom. The van der Waals surface area contributed by atoms with Crippen molar-refractivity contribution in [3.05, 3.63) is 23.4 Å². The summed E-state index contributed by atoms with van der Waals surface area (Å²) >= 11 is 5.01. The Balaban J connectivity index is 2.37. The van der Waals surface area contributed by atoms with Crippen molar-refractivity contribution in [2.75, 3.05) is 25.5 Å². The van der Waals surface area contributed by atoms with E-state index in [0.717, 1.165) is 36.6 Å². The standard InChI is InChI=1S/C15H26N4S/c1-11(2)19(4)8-6-5-7-17-14-10-13(15(16)20)9-12(3)18-14/h9-11H,5-8H2,1-4H3,(H2,16,20)(H,17,18). The summed E-state index contributed by atoms with van der Waals surface area (Å²) in [6, 6.07) is 4.43.